The van der Waals surface area contributed by atoms with Crippen LogP contribution < -0.4 is 10.2 Å². The van der Waals surface area contributed by atoms with Gasteiger partial charge in [-0.15, -0.1) is 0 Å². The highest BCUT2D eigenvalue weighted by molar-refractivity contribution is 7.89. The Kier molecular flexibility index (Phi) is 11.6. The molecule has 1 aromatic heterocycles. The van der Waals surface area contributed by atoms with Crippen LogP contribution in [-0.2, 0) is 44.5 Å². The lowest BCUT2D eigenvalue weighted by molar-refractivity contribution is -0.121. The summed E-state index contributed by atoms with van der Waals surface area (Å²) < 4.78 is 67.6. The third kappa shape index (κ3) is 9.43. The van der Waals surface area contributed by atoms with Gasteiger partial charge in [-0.2, -0.15) is 13.7 Å². The van der Waals surface area contributed by atoms with Gasteiger partial charge >= 0.3 is 0 Å². The largest absolute Gasteiger partial charge is 0.497 e. The molecule has 0 atom stereocenters. The monoisotopic (exact) mass is 720 g/mol. The number of nitrogens with zero attached hydrogens (tertiary/aromatic N) is 3. The van der Waals surface area contributed by atoms with E-state index < -0.39 is 32.5 Å². The second kappa shape index (κ2) is 16.1. The van der Waals surface area contributed by atoms with E-state index in [1.165, 1.54) is 54.0 Å². The Balaban J connectivity index is 1.28. The average molecular weight is 721 g/mol. The van der Waals surface area contributed by atoms with E-state index in [2.05, 4.69) is 10.5 Å². The third-order valence-electron chi connectivity index (χ3n) is 7.27. The molecule has 11 nitrogen and oxygen atoms in total. The maximum Gasteiger partial charge on any atom is 0.255 e. The number of carbonyl (C=O) groups is 1. The number of benzene rings is 4. The summed E-state index contributed by atoms with van der Waals surface area (Å²) in [5, 5.41) is 4.48. The third-order valence-corrected chi connectivity index (χ3v) is 11.1. The van der Waals surface area contributed by atoms with Crippen LogP contribution in [0.2, 0.25) is 5.02 Å². The van der Waals surface area contributed by atoms with Gasteiger partial charge in [-0.1, -0.05) is 72.3 Å². The van der Waals surface area contributed by atoms with Crippen molar-refractivity contribution in [3.63, 3.8) is 0 Å². The number of ether oxygens (including phenoxy) is 1. The molecule has 0 aliphatic rings. The molecule has 0 radical (unpaired) electrons. The topological polar surface area (TPSA) is 139 Å². The molecule has 5 aromatic rings. The van der Waals surface area contributed by atoms with Crippen LogP contribution in [0.25, 0.3) is 0 Å². The first kappa shape index (κ1) is 35.5. The van der Waals surface area contributed by atoms with E-state index in [9.17, 15) is 21.6 Å². The lowest BCUT2D eigenvalue weighted by Gasteiger charge is -2.21. The van der Waals surface area contributed by atoms with Gasteiger partial charge < -0.3 is 9.15 Å². The molecule has 0 spiro atoms. The Morgan fingerprint density at radius 3 is 1.96 bits per heavy atom. The highest BCUT2D eigenvalue weighted by Crippen LogP contribution is 2.24. The summed E-state index contributed by atoms with van der Waals surface area (Å²) in [7, 11) is -6.50. The molecule has 1 heterocycles. The average Bonchev–Trinajstić information content (AvgIpc) is 3.56. The minimum atomic E-state index is -4.08. The van der Waals surface area contributed by atoms with Gasteiger partial charge in [0.15, 0.2) is 0 Å². The van der Waals surface area contributed by atoms with Crippen LogP contribution in [0.5, 0.6) is 5.75 Å². The molecule has 0 unspecified atom stereocenters. The fourth-order valence-electron chi connectivity index (χ4n) is 4.76. The number of sulfonamides is 2. The number of hydrogen-bond donors (Lipinski definition) is 1. The Morgan fingerprint density at radius 2 is 1.31 bits per heavy atom. The van der Waals surface area contributed by atoms with Crippen molar-refractivity contribution in [1.29, 1.82) is 0 Å². The van der Waals surface area contributed by atoms with Crippen LogP contribution in [0.1, 0.15) is 22.6 Å². The minimum absolute atomic E-state index is 0.00281. The van der Waals surface area contributed by atoms with Crippen LogP contribution in [0.4, 0.5) is 0 Å². The molecule has 49 heavy (non-hydrogen) atoms. The van der Waals surface area contributed by atoms with Gasteiger partial charge in [0, 0.05) is 18.1 Å². The Labute approximate surface area is 290 Å². The molecule has 4 aromatic carbocycles. The number of carbonyl (C=O) groups excluding carboxylic acids is 1. The fraction of sp³-hybridized carbons (Fsp3) is 0.143. The molecule has 1 amide bonds. The first-order chi connectivity index (χ1) is 23.5. The standard InChI is InChI=1S/C35H33ClN4O7S2/c1-46-30-18-20-34(21-19-30)49(44,45)40(23-27-8-4-2-5-9-27)26-35(41)38-37-22-31-16-17-32(47-31)25-39(24-28-12-14-29(36)15-13-28)48(42,43)33-10-6-3-7-11-33/h2-22H,23-26H2,1H3,(H,38,41)/b37-22-. The predicted octanol–water partition coefficient (Wildman–Crippen LogP) is 5.67. The number of nitrogens with one attached hydrogen (secondary N) is 1. The second-order valence-electron chi connectivity index (χ2n) is 10.7. The van der Waals surface area contributed by atoms with Gasteiger partial charge in [0.2, 0.25) is 20.0 Å². The van der Waals surface area contributed by atoms with Gasteiger partial charge in [0.05, 0.1) is 36.2 Å². The van der Waals surface area contributed by atoms with Crippen molar-refractivity contribution in [3.05, 3.63) is 149 Å². The summed E-state index contributed by atoms with van der Waals surface area (Å²) in [5.74, 6) is 0.389. The first-order valence-electron chi connectivity index (χ1n) is 14.9. The zero-order valence-corrected chi connectivity index (χ0v) is 28.7. The lowest BCUT2D eigenvalue weighted by Crippen LogP contribution is -2.39. The van der Waals surface area contributed by atoms with Crippen molar-refractivity contribution in [2.45, 2.75) is 29.4 Å². The van der Waals surface area contributed by atoms with E-state index in [4.69, 9.17) is 20.8 Å². The van der Waals surface area contributed by atoms with Crippen LogP contribution in [0.15, 0.2) is 141 Å². The molecule has 0 fully saturated rings. The van der Waals surface area contributed by atoms with Gasteiger partial charge in [-0.3, -0.25) is 4.79 Å². The molecule has 0 saturated heterocycles. The van der Waals surface area contributed by atoms with Crippen molar-refractivity contribution in [2.24, 2.45) is 5.10 Å². The number of furan rings is 1. The number of rotatable bonds is 15. The molecule has 254 valence electrons. The van der Waals surface area contributed by atoms with E-state index in [0.29, 0.717) is 22.1 Å². The normalized spacial score (nSPS) is 12.1. The minimum Gasteiger partial charge on any atom is -0.497 e. The molecule has 0 bridgehead atoms. The zero-order chi connectivity index (χ0) is 34.9. The maximum absolute atomic E-state index is 13.6. The Morgan fingerprint density at radius 1 is 0.735 bits per heavy atom. The quantitative estimate of drug-likeness (QED) is 0.109. The Hall–Kier alpha value is -4.79. The van der Waals surface area contributed by atoms with Crippen LogP contribution >= 0.6 is 11.6 Å². The van der Waals surface area contributed by atoms with E-state index >= 15 is 0 Å². The molecule has 0 saturated carbocycles. The smallest absolute Gasteiger partial charge is 0.255 e. The van der Waals surface area contributed by atoms with Gasteiger partial charge in [-0.05, 0) is 71.8 Å². The van der Waals surface area contributed by atoms with E-state index in [1.54, 1.807) is 78.9 Å². The summed E-state index contributed by atoms with van der Waals surface area (Å²) in [6, 6.07) is 33.0. The summed E-state index contributed by atoms with van der Waals surface area (Å²) in [5.41, 5.74) is 3.77. The van der Waals surface area contributed by atoms with Crippen molar-refractivity contribution >= 4 is 43.8 Å². The number of methoxy groups -OCH3 is 1. The van der Waals surface area contributed by atoms with Crippen molar-refractivity contribution in [3.8, 4) is 5.75 Å². The van der Waals surface area contributed by atoms with Gasteiger partial charge in [0.25, 0.3) is 5.91 Å². The van der Waals surface area contributed by atoms with E-state index in [1.807, 2.05) is 6.07 Å². The van der Waals surface area contributed by atoms with E-state index in [0.717, 1.165) is 9.87 Å². The second-order valence-corrected chi connectivity index (χ2v) is 15.1. The molecule has 5 rings (SSSR count). The Bertz CT molecular complexity index is 2090. The summed E-state index contributed by atoms with van der Waals surface area (Å²) in [4.78, 5) is 13.1. The highest BCUT2D eigenvalue weighted by atomic mass is 35.5. The number of halogens is 1. The fourth-order valence-corrected chi connectivity index (χ4v) is 7.68. The number of hydrogen-bond acceptors (Lipinski definition) is 8. The van der Waals surface area contributed by atoms with Gasteiger partial charge in [-0.25, -0.2) is 22.3 Å². The first-order valence-corrected chi connectivity index (χ1v) is 18.2. The molecular formula is C35H33ClN4O7S2. The summed E-state index contributed by atoms with van der Waals surface area (Å²) >= 11 is 6.02. The predicted molar refractivity (Wildman–Crippen MR) is 186 cm³/mol. The SMILES string of the molecule is COc1ccc(S(=O)(=O)N(CC(=O)N/N=C\c2ccc(CN(Cc3ccc(Cl)cc3)S(=O)(=O)c3ccccc3)o2)Cc2ccccc2)cc1. The van der Waals surface area contributed by atoms with Crippen LogP contribution in [-0.4, -0.2) is 51.2 Å². The number of hydrazone groups is 1. The maximum atomic E-state index is 13.6. The lowest BCUT2D eigenvalue weighted by atomic mass is 10.2. The molecule has 14 heteroatoms. The molecule has 1 N–H and O–H groups in total. The van der Waals surface area contributed by atoms with E-state index in [-0.39, 0.29) is 35.2 Å². The van der Waals surface area contributed by atoms with Gasteiger partial charge in [0.1, 0.15) is 17.3 Å². The van der Waals surface area contributed by atoms with Crippen LogP contribution in [0.3, 0.4) is 0 Å². The molecule has 0 aliphatic heterocycles. The summed E-state index contributed by atoms with van der Waals surface area (Å²) in [6.07, 6.45) is 1.25. The molecular weight excluding hydrogens is 688 g/mol. The number of amides is 1. The van der Waals surface area contributed by atoms with Crippen molar-refractivity contribution in [2.75, 3.05) is 13.7 Å². The van der Waals surface area contributed by atoms with Crippen molar-refractivity contribution < 1.29 is 30.8 Å². The zero-order valence-electron chi connectivity index (χ0n) is 26.3. The van der Waals surface area contributed by atoms with Crippen LogP contribution in [0, 0.1) is 0 Å². The molecule has 0 aliphatic carbocycles. The van der Waals surface area contributed by atoms with Crippen molar-refractivity contribution in [1.82, 2.24) is 14.0 Å². The highest BCUT2D eigenvalue weighted by Gasteiger charge is 2.28. The summed E-state index contributed by atoms with van der Waals surface area (Å²) in [6.45, 7) is -0.585.